The first-order valence-electron chi connectivity index (χ1n) is 6.63. The summed E-state index contributed by atoms with van der Waals surface area (Å²) in [6, 6.07) is 10.9. The van der Waals surface area contributed by atoms with Gasteiger partial charge in [-0.25, -0.2) is 0 Å². The molecule has 2 bridgehead atoms. The van der Waals surface area contributed by atoms with Gasteiger partial charge in [-0.15, -0.1) is 0 Å². The van der Waals surface area contributed by atoms with Gasteiger partial charge in [0.05, 0.1) is 0 Å². The van der Waals surface area contributed by atoms with Crippen molar-refractivity contribution in [3.63, 3.8) is 0 Å². The van der Waals surface area contributed by atoms with E-state index in [9.17, 15) is 0 Å². The fourth-order valence-corrected chi connectivity index (χ4v) is 3.40. The minimum atomic E-state index is 1.02. The normalized spacial score (nSPS) is 27.1. The maximum absolute atomic E-state index is 2.48. The highest BCUT2D eigenvalue weighted by Crippen LogP contribution is 2.46. The van der Waals surface area contributed by atoms with E-state index in [0.29, 0.717) is 0 Å². The molecule has 1 aromatic carbocycles. The summed E-state index contributed by atoms with van der Waals surface area (Å²) in [5.41, 5.74) is 3.26. The maximum Gasteiger partial charge on any atom is -0.0279 e. The molecule has 84 valence electrons. The van der Waals surface area contributed by atoms with Crippen LogP contribution in [0, 0.1) is 11.8 Å². The van der Waals surface area contributed by atoms with Crippen LogP contribution in [-0.4, -0.2) is 0 Å². The summed E-state index contributed by atoms with van der Waals surface area (Å²) in [5.74, 6) is 2.04. The quantitative estimate of drug-likeness (QED) is 0.650. The summed E-state index contributed by atoms with van der Waals surface area (Å²) < 4.78 is 0. The molecular weight excluding hydrogens is 192 g/mol. The fraction of sp³-hybridized carbons (Fsp3) is 0.500. The number of aryl methyl sites for hydroxylation is 1. The minimum Gasteiger partial charge on any atom is -0.0850 e. The Morgan fingerprint density at radius 1 is 1.06 bits per heavy atom. The second-order valence-corrected chi connectivity index (χ2v) is 5.40. The molecule has 3 rings (SSSR count). The van der Waals surface area contributed by atoms with Crippen molar-refractivity contribution in [2.45, 2.75) is 38.5 Å². The number of fused-ring (bicyclic) bond motifs is 2. The molecule has 0 nitrogen and oxygen atoms in total. The van der Waals surface area contributed by atoms with Gasteiger partial charge in [0.25, 0.3) is 0 Å². The van der Waals surface area contributed by atoms with E-state index in [-0.39, 0.29) is 0 Å². The summed E-state index contributed by atoms with van der Waals surface area (Å²) in [6.07, 6.45) is 10.8. The monoisotopic (exact) mass is 212 g/mol. The van der Waals surface area contributed by atoms with Gasteiger partial charge in [0.15, 0.2) is 0 Å². The van der Waals surface area contributed by atoms with Crippen LogP contribution in [0.15, 0.2) is 42.0 Å². The van der Waals surface area contributed by atoms with Gasteiger partial charge in [0.1, 0.15) is 0 Å². The van der Waals surface area contributed by atoms with Gasteiger partial charge >= 0.3 is 0 Å². The molecule has 0 aromatic heterocycles. The van der Waals surface area contributed by atoms with Gasteiger partial charge in [-0.2, -0.15) is 0 Å². The zero-order valence-electron chi connectivity index (χ0n) is 9.86. The third kappa shape index (κ3) is 2.07. The Hall–Kier alpha value is -1.04. The molecule has 0 N–H and O–H groups in total. The van der Waals surface area contributed by atoms with Crippen molar-refractivity contribution in [1.82, 2.24) is 0 Å². The SMILES string of the molecule is C1=C2CC(C1)C(CCCc1ccccc1)C2. The highest BCUT2D eigenvalue weighted by Gasteiger charge is 2.33. The second-order valence-electron chi connectivity index (χ2n) is 5.40. The third-order valence-corrected chi connectivity index (χ3v) is 4.31. The Balaban J connectivity index is 1.46. The number of rotatable bonds is 4. The van der Waals surface area contributed by atoms with E-state index < -0.39 is 0 Å². The van der Waals surface area contributed by atoms with Crippen LogP contribution in [0.2, 0.25) is 0 Å². The Morgan fingerprint density at radius 3 is 2.62 bits per heavy atom. The van der Waals surface area contributed by atoms with Crippen LogP contribution >= 0.6 is 0 Å². The Bertz CT molecular complexity index is 374. The van der Waals surface area contributed by atoms with Gasteiger partial charge in [0, 0.05) is 0 Å². The van der Waals surface area contributed by atoms with E-state index >= 15 is 0 Å². The van der Waals surface area contributed by atoms with E-state index in [1.807, 2.05) is 0 Å². The predicted octanol–water partition coefficient (Wildman–Crippen LogP) is 4.37. The van der Waals surface area contributed by atoms with Crippen LogP contribution in [0.1, 0.15) is 37.7 Å². The van der Waals surface area contributed by atoms with Gasteiger partial charge in [0.2, 0.25) is 0 Å². The molecule has 2 atom stereocenters. The van der Waals surface area contributed by atoms with Crippen molar-refractivity contribution >= 4 is 0 Å². The lowest BCUT2D eigenvalue weighted by Gasteiger charge is -2.18. The first-order chi connectivity index (χ1) is 7.92. The van der Waals surface area contributed by atoms with Gasteiger partial charge < -0.3 is 0 Å². The Morgan fingerprint density at radius 2 is 1.94 bits per heavy atom. The smallest absolute Gasteiger partial charge is 0.0279 e. The summed E-state index contributed by atoms with van der Waals surface area (Å²) in [4.78, 5) is 0. The van der Waals surface area contributed by atoms with Crippen LogP contribution in [-0.2, 0) is 6.42 Å². The molecule has 0 aliphatic heterocycles. The van der Waals surface area contributed by atoms with Crippen LogP contribution < -0.4 is 0 Å². The molecule has 1 saturated carbocycles. The zero-order chi connectivity index (χ0) is 10.8. The molecule has 0 heterocycles. The third-order valence-electron chi connectivity index (χ3n) is 4.31. The van der Waals surface area contributed by atoms with Gasteiger partial charge in [-0.1, -0.05) is 42.0 Å². The topological polar surface area (TPSA) is 0 Å². The van der Waals surface area contributed by atoms with Crippen molar-refractivity contribution in [3.05, 3.63) is 47.5 Å². The van der Waals surface area contributed by atoms with E-state index in [4.69, 9.17) is 0 Å². The molecule has 16 heavy (non-hydrogen) atoms. The first-order valence-corrected chi connectivity index (χ1v) is 6.63. The summed E-state index contributed by atoms with van der Waals surface area (Å²) in [7, 11) is 0. The van der Waals surface area contributed by atoms with Gasteiger partial charge in [-0.05, 0) is 55.9 Å². The van der Waals surface area contributed by atoms with Crippen molar-refractivity contribution in [3.8, 4) is 0 Å². The molecule has 2 unspecified atom stereocenters. The number of hydrogen-bond acceptors (Lipinski definition) is 0. The molecule has 2 aliphatic carbocycles. The van der Waals surface area contributed by atoms with Gasteiger partial charge in [-0.3, -0.25) is 0 Å². The summed E-state index contributed by atoms with van der Waals surface area (Å²) in [6.45, 7) is 0. The molecule has 2 aliphatic rings. The van der Waals surface area contributed by atoms with Crippen LogP contribution in [0.5, 0.6) is 0 Å². The predicted molar refractivity (Wildman–Crippen MR) is 68.3 cm³/mol. The average Bonchev–Trinajstić information content (AvgIpc) is 2.92. The van der Waals surface area contributed by atoms with E-state index in [1.165, 1.54) is 44.1 Å². The van der Waals surface area contributed by atoms with Crippen molar-refractivity contribution in [2.75, 3.05) is 0 Å². The van der Waals surface area contributed by atoms with Crippen LogP contribution in [0.4, 0.5) is 0 Å². The number of hydrogen-bond donors (Lipinski definition) is 0. The van der Waals surface area contributed by atoms with Crippen molar-refractivity contribution in [2.24, 2.45) is 11.8 Å². The Kier molecular flexibility index (Phi) is 2.82. The molecule has 0 amide bonds. The molecule has 1 fully saturated rings. The molecule has 0 radical (unpaired) electrons. The van der Waals surface area contributed by atoms with E-state index in [1.54, 1.807) is 5.57 Å². The summed E-state index contributed by atoms with van der Waals surface area (Å²) in [5, 5.41) is 0. The Labute approximate surface area is 98.4 Å². The molecular formula is C16H20. The highest BCUT2D eigenvalue weighted by molar-refractivity contribution is 5.18. The zero-order valence-corrected chi connectivity index (χ0v) is 9.86. The number of allylic oxidation sites excluding steroid dienone is 2. The van der Waals surface area contributed by atoms with Crippen molar-refractivity contribution < 1.29 is 0 Å². The van der Waals surface area contributed by atoms with E-state index in [0.717, 1.165) is 11.8 Å². The maximum atomic E-state index is 2.48. The van der Waals surface area contributed by atoms with Crippen molar-refractivity contribution in [1.29, 1.82) is 0 Å². The fourth-order valence-electron chi connectivity index (χ4n) is 3.40. The lowest BCUT2D eigenvalue weighted by atomic mass is 9.87. The molecule has 0 spiro atoms. The molecule has 0 saturated heterocycles. The first kappa shape index (κ1) is 10.1. The van der Waals surface area contributed by atoms with E-state index in [2.05, 4.69) is 36.4 Å². The molecule has 0 heteroatoms. The largest absolute Gasteiger partial charge is 0.0850 e. The number of benzene rings is 1. The lowest BCUT2D eigenvalue weighted by Crippen LogP contribution is -2.08. The minimum absolute atomic E-state index is 1.02. The second kappa shape index (κ2) is 4.45. The summed E-state index contributed by atoms with van der Waals surface area (Å²) >= 11 is 0. The standard InChI is InChI=1S/C16H20/c1-2-5-13(6-3-1)7-4-8-15-11-14-9-10-16(15)12-14/h1-3,5-6,9,15-16H,4,7-8,10-12H2. The van der Waals surface area contributed by atoms with Crippen LogP contribution in [0.25, 0.3) is 0 Å². The lowest BCUT2D eigenvalue weighted by molar-refractivity contribution is 0.357. The highest BCUT2D eigenvalue weighted by atomic mass is 14.4. The molecule has 1 aromatic rings. The van der Waals surface area contributed by atoms with Crippen LogP contribution in [0.3, 0.4) is 0 Å². The average molecular weight is 212 g/mol.